The molecule has 0 bridgehead atoms. The highest BCUT2D eigenvalue weighted by Crippen LogP contribution is 2.28. The van der Waals surface area contributed by atoms with Gasteiger partial charge >= 0.3 is 0 Å². The lowest BCUT2D eigenvalue weighted by atomic mass is 10.1. The Morgan fingerprint density at radius 1 is 1.36 bits per heavy atom. The zero-order valence-corrected chi connectivity index (χ0v) is 8.75. The number of benzene rings is 1. The molecule has 2 heteroatoms. The highest BCUT2D eigenvalue weighted by atomic mass is 16.5. The SMILES string of the molecule is C=CCc1ccc(OC)c(OCC)c1. The van der Waals surface area contributed by atoms with Crippen LogP contribution in [0.5, 0.6) is 11.5 Å². The van der Waals surface area contributed by atoms with Crippen molar-refractivity contribution in [3.05, 3.63) is 36.4 Å². The zero-order valence-electron chi connectivity index (χ0n) is 8.75. The second-order valence-electron chi connectivity index (χ2n) is 2.91. The van der Waals surface area contributed by atoms with Gasteiger partial charge in [0.2, 0.25) is 0 Å². The van der Waals surface area contributed by atoms with Gasteiger partial charge in [-0.1, -0.05) is 12.1 Å². The molecule has 0 amide bonds. The lowest BCUT2D eigenvalue weighted by Crippen LogP contribution is -1.96. The standard InChI is InChI=1S/C12H16O2/c1-4-6-10-7-8-11(13-3)12(9-10)14-5-2/h4,7-9H,1,5-6H2,2-3H3. The van der Waals surface area contributed by atoms with Gasteiger partial charge < -0.3 is 9.47 Å². The number of rotatable bonds is 5. The van der Waals surface area contributed by atoms with Crippen molar-refractivity contribution in [1.29, 1.82) is 0 Å². The van der Waals surface area contributed by atoms with E-state index in [1.54, 1.807) is 7.11 Å². The molecule has 1 aromatic rings. The summed E-state index contributed by atoms with van der Waals surface area (Å²) in [5.74, 6) is 1.58. The monoisotopic (exact) mass is 192 g/mol. The first kappa shape index (κ1) is 10.6. The van der Waals surface area contributed by atoms with E-state index in [2.05, 4.69) is 6.58 Å². The molecule has 0 N–H and O–H groups in total. The van der Waals surface area contributed by atoms with E-state index in [1.165, 1.54) is 5.56 Å². The van der Waals surface area contributed by atoms with Gasteiger partial charge in [0.25, 0.3) is 0 Å². The highest BCUT2D eigenvalue weighted by molar-refractivity contribution is 5.43. The van der Waals surface area contributed by atoms with Gasteiger partial charge in [-0.05, 0) is 31.0 Å². The van der Waals surface area contributed by atoms with Crippen LogP contribution in [-0.4, -0.2) is 13.7 Å². The predicted octanol–water partition coefficient (Wildman–Crippen LogP) is 2.82. The maximum absolute atomic E-state index is 5.46. The molecule has 0 saturated heterocycles. The van der Waals surface area contributed by atoms with E-state index >= 15 is 0 Å². The fraction of sp³-hybridized carbons (Fsp3) is 0.333. The molecule has 76 valence electrons. The van der Waals surface area contributed by atoms with Crippen molar-refractivity contribution < 1.29 is 9.47 Å². The second kappa shape index (κ2) is 5.32. The van der Waals surface area contributed by atoms with Gasteiger partial charge in [0.15, 0.2) is 11.5 Å². The van der Waals surface area contributed by atoms with Crippen LogP contribution in [0.15, 0.2) is 30.9 Å². The lowest BCUT2D eigenvalue weighted by molar-refractivity contribution is 0.310. The summed E-state index contributed by atoms with van der Waals surface area (Å²) in [7, 11) is 1.64. The highest BCUT2D eigenvalue weighted by Gasteiger charge is 2.03. The minimum Gasteiger partial charge on any atom is -0.493 e. The molecule has 0 aliphatic heterocycles. The summed E-state index contributed by atoms with van der Waals surface area (Å²) in [5, 5.41) is 0. The number of hydrogen-bond acceptors (Lipinski definition) is 2. The summed E-state index contributed by atoms with van der Waals surface area (Å²) in [6.45, 7) is 6.31. The molecule has 0 aromatic heterocycles. The Bertz CT molecular complexity index is 305. The fourth-order valence-electron chi connectivity index (χ4n) is 1.28. The van der Waals surface area contributed by atoms with E-state index in [-0.39, 0.29) is 0 Å². The average Bonchev–Trinajstić information content (AvgIpc) is 2.19. The smallest absolute Gasteiger partial charge is 0.161 e. The molecule has 1 rings (SSSR count). The minimum absolute atomic E-state index is 0.647. The third-order valence-electron chi connectivity index (χ3n) is 1.91. The molecular formula is C12H16O2. The Hall–Kier alpha value is -1.44. The fourth-order valence-corrected chi connectivity index (χ4v) is 1.28. The van der Waals surface area contributed by atoms with Crippen LogP contribution in [0.4, 0.5) is 0 Å². The van der Waals surface area contributed by atoms with Crippen LogP contribution in [0.25, 0.3) is 0 Å². The van der Waals surface area contributed by atoms with Gasteiger partial charge in [-0.15, -0.1) is 6.58 Å². The van der Waals surface area contributed by atoms with E-state index in [4.69, 9.17) is 9.47 Å². The van der Waals surface area contributed by atoms with Crippen LogP contribution in [0.3, 0.4) is 0 Å². The summed E-state index contributed by atoms with van der Waals surface area (Å²) >= 11 is 0. The quantitative estimate of drug-likeness (QED) is 0.668. The Labute approximate surface area is 85.2 Å². The van der Waals surface area contributed by atoms with Crippen molar-refractivity contribution in [2.24, 2.45) is 0 Å². The van der Waals surface area contributed by atoms with Crippen molar-refractivity contribution >= 4 is 0 Å². The summed E-state index contributed by atoms with van der Waals surface area (Å²) in [6, 6.07) is 5.93. The number of hydrogen-bond donors (Lipinski definition) is 0. The third kappa shape index (κ3) is 2.52. The van der Waals surface area contributed by atoms with E-state index in [0.29, 0.717) is 6.61 Å². The Kier molecular flexibility index (Phi) is 4.05. The molecule has 0 saturated carbocycles. The number of allylic oxidation sites excluding steroid dienone is 1. The molecule has 1 aromatic carbocycles. The van der Waals surface area contributed by atoms with E-state index in [9.17, 15) is 0 Å². The van der Waals surface area contributed by atoms with Crippen LogP contribution < -0.4 is 9.47 Å². The maximum Gasteiger partial charge on any atom is 0.161 e. The molecular weight excluding hydrogens is 176 g/mol. The second-order valence-corrected chi connectivity index (χ2v) is 2.91. The maximum atomic E-state index is 5.46. The van der Waals surface area contributed by atoms with E-state index < -0.39 is 0 Å². The topological polar surface area (TPSA) is 18.5 Å². The number of ether oxygens (including phenoxy) is 2. The van der Waals surface area contributed by atoms with Gasteiger partial charge in [0.1, 0.15) is 0 Å². The largest absolute Gasteiger partial charge is 0.493 e. The molecule has 0 fully saturated rings. The Balaban J connectivity index is 2.94. The van der Waals surface area contributed by atoms with Crippen LogP contribution in [0, 0.1) is 0 Å². The molecule has 2 nitrogen and oxygen atoms in total. The molecule has 0 radical (unpaired) electrons. The first-order valence-electron chi connectivity index (χ1n) is 4.72. The van der Waals surface area contributed by atoms with Crippen molar-refractivity contribution in [2.45, 2.75) is 13.3 Å². The van der Waals surface area contributed by atoms with Crippen molar-refractivity contribution in [1.82, 2.24) is 0 Å². The molecule has 14 heavy (non-hydrogen) atoms. The zero-order chi connectivity index (χ0) is 10.4. The van der Waals surface area contributed by atoms with Crippen molar-refractivity contribution in [2.75, 3.05) is 13.7 Å². The predicted molar refractivity (Wildman–Crippen MR) is 58.1 cm³/mol. The molecule has 0 aliphatic rings. The number of methoxy groups -OCH3 is 1. The molecule has 0 aliphatic carbocycles. The molecule has 0 atom stereocenters. The van der Waals surface area contributed by atoms with Gasteiger partial charge in [-0.3, -0.25) is 0 Å². The van der Waals surface area contributed by atoms with E-state index in [1.807, 2.05) is 31.2 Å². The van der Waals surface area contributed by atoms with Gasteiger partial charge in [-0.25, -0.2) is 0 Å². The van der Waals surface area contributed by atoms with Gasteiger partial charge in [0.05, 0.1) is 13.7 Å². The first-order chi connectivity index (χ1) is 6.81. The van der Waals surface area contributed by atoms with Crippen LogP contribution in [0.1, 0.15) is 12.5 Å². The summed E-state index contributed by atoms with van der Waals surface area (Å²) < 4.78 is 10.6. The lowest BCUT2D eigenvalue weighted by Gasteiger charge is -2.10. The molecule has 0 unspecified atom stereocenters. The van der Waals surface area contributed by atoms with Crippen molar-refractivity contribution in [3.8, 4) is 11.5 Å². The van der Waals surface area contributed by atoms with Gasteiger partial charge in [-0.2, -0.15) is 0 Å². The molecule has 0 spiro atoms. The third-order valence-corrected chi connectivity index (χ3v) is 1.91. The van der Waals surface area contributed by atoms with Gasteiger partial charge in [0, 0.05) is 0 Å². The minimum atomic E-state index is 0.647. The first-order valence-corrected chi connectivity index (χ1v) is 4.72. The van der Waals surface area contributed by atoms with Crippen LogP contribution in [0.2, 0.25) is 0 Å². The summed E-state index contributed by atoms with van der Waals surface area (Å²) in [4.78, 5) is 0. The summed E-state index contributed by atoms with van der Waals surface area (Å²) in [5.41, 5.74) is 1.18. The van der Waals surface area contributed by atoms with Crippen molar-refractivity contribution in [3.63, 3.8) is 0 Å². The Morgan fingerprint density at radius 2 is 2.14 bits per heavy atom. The molecule has 0 heterocycles. The average molecular weight is 192 g/mol. The van der Waals surface area contributed by atoms with Crippen LogP contribution in [-0.2, 0) is 6.42 Å². The van der Waals surface area contributed by atoms with Crippen LogP contribution >= 0.6 is 0 Å². The normalized spacial score (nSPS) is 9.57. The van der Waals surface area contributed by atoms with E-state index in [0.717, 1.165) is 17.9 Å². The Morgan fingerprint density at radius 3 is 2.71 bits per heavy atom. The summed E-state index contributed by atoms with van der Waals surface area (Å²) in [6.07, 6.45) is 2.72.